The number of amides is 2. The van der Waals surface area contributed by atoms with Crippen molar-refractivity contribution in [3.8, 4) is 0 Å². The van der Waals surface area contributed by atoms with E-state index in [9.17, 15) is 9.59 Å². The number of rotatable bonds is 6. The summed E-state index contributed by atoms with van der Waals surface area (Å²) in [5.74, 6) is 0.459. The predicted molar refractivity (Wildman–Crippen MR) is 142 cm³/mol. The fourth-order valence-corrected chi connectivity index (χ4v) is 6.53. The molecular formula is C32H34N2O2. The molecule has 3 aromatic rings. The second-order valence-corrected chi connectivity index (χ2v) is 10.6. The van der Waals surface area contributed by atoms with Crippen molar-refractivity contribution >= 4 is 11.8 Å². The maximum absolute atomic E-state index is 12.6. The first-order chi connectivity index (χ1) is 17.7. The van der Waals surface area contributed by atoms with Crippen LogP contribution in [0.4, 0.5) is 0 Å². The summed E-state index contributed by atoms with van der Waals surface area (Å²) in [5.41, 5.74) is 7.07. The Labute approximate surface area is 213 Å². The smallest absolute Gasteiger partial charge is 0.261 e. The van der Waals surface area contributed by atoms with Gasteiger partial charge < -0.3 is 0 Å². The number of imide groups is 1. The highest BCUT2D eigenvalue weighted by Crippen LogP contribution is 2.39. The van der Waals surface area contributed by atoms with Gasteiger partial charge in [0.2, 0.25) is 0 Å². The molecule has 2 heterocycles. The van der Waals surface area contributed by atoms with Gasteiger partial charge in [-0.1, -0.05) is 73.5 Å². The highest BCUT2D eigenvalue weighted by atomic mass is 16.2. The molecule has 0 atom stereocenters. The van der Waals surface area contributed by atoms with E-state index in [1.165, 1.54) is 46.4 Å². The van der Waals surface area contributed by atoms with Crippen LogP contribution >= 0.6 is 0 Å². The van der Waals surface area contributed by atoms with Gasteiger partial charge in [-0.05, 0) is 85.5 Å². The highest BCUT2D eigenvalue weighted by Gasteiger charge is 2.35. The first kappa shape index (κ1) is 23.2. The summed E-state index contributed by atoms with van der Waals surface area (Å²) in [5, 5.41) is 0. The van der Waals surface area contributed by atoms with Crippen LogP contribution in [0.3, 0.4) is 0 Å². The molecule has 0 radical (unpaired) electrons. The lowest BCUT2D eigenvalue weighted by Crippen LogP contribution is -2.37. The molecule has 2 aliphatic heterocycles. The van der Waals surface area contributed by atoms with E-state index < -0.39 is 0 Å². The number of unbranched alkanes of at least 4 members (excludes halogenated alkanes) is 1. The molecule has 6 rings (SSSR count). The maximum atomic E-state index is 12.6. The Morgan fingerprint density at radius 3 is 1.78 bits per heavy atom. The van der Waals surface area contributed by atoms with Gasteiger partial charge >= 0.3 is 0 Å². The summed E-state index contributed by atoms with van der Waals surface area (Å²) in [6, 6.07) is 25.6. The van der Waals surface area contributed by atoms with E-state index in [0.29, 0.717) is 23.7 Å². The van der Waals surface area contributed by atoms with Gasteiger partial charge in [0.25, 0.3) is 11.8 Å². The monoisotopic (exact) mass is 478 g/mol. The molecule has 3 aliphatic rings. The van der Waals surface area contributed by atoms with Crippen molar-refractivity contribution in [1.29, 1.82) is 0 Å². The van der Waals surface area contributed by atoms with Crippen molar-refractivity contribution in [3.63, 3.8) is 0 Å². The minimum absolute atomic E-state index is 0.132. The number of fused-ring (bicyclic) bond motifs is 3. The van der Waals surface area contributed by atoms with Crippen molar-refractivity contribution in [2.24, 2.45) is 5.92 Å². The second-order valence-electron chi connectivity index (χ2n) is 10.6. The number of benzene rings is 3. The number of piperidine rings is 1. The van der Waals surface area contributed by atoms with Crippen LogP contribution in [-0.4, -0.2) is 41.2 Å². The molecule has 4 nitrogen and oxygen atoms in total. The molecule has 0 unspecified atom stereocenters. The molecule has 0 bridgehead atoms. The maximum Gasteiger partial charge on any atom is 0.261 e. The second kappa shape index (κ2) is 10.0. The van der Waals surface area contributed by atoms with Crippen LogP contribution in [-0.2, 0) is 12.8 Å². The Hall–Kier alpha value is -3.24. The molecule has 0 spiro atoms. The van der Waals surface area contributed by atoms with Gasteiger partial charge in [-0.25, -0.2) is 0 Å². The highest BCUT2D eigenvalue weighted by molar-refractivity contribution is 6.21. The Morgan fingerprint density at radius 1 is 0.667 bits per heavy atom. The molecule has 1 fully saturated rings. The zero-order valence-corrected chi connectivity index (χ0v) is 20.9. The van der Waals surface area contributed by atoms with Crippen molar-refractivity contribution in [2.75, 3.05) is 19.6 Å². The molecule has 0 aromatic heterocycles. The number of hydrogen-bond donors (Lipinski definition) is 0. The molecule has 0 N–H and O–H groups in total. The number of likely N-dealkylation sites (tertiary alicyclic amines) is 1. The van der Waals surface area contributed by atoms with Crippen LogP contribution < -0.4 is 0 Å². The average Bonchev–Trinajstić information content (AvgIpc) is 3.06. The molecule has 3 aromatic carbocycles. The van der Waals surface area contributed by atoms with Gasteiger partial charge in [0.05, 0.1) is 17.2 Å². The summed E-state index contributed by atoms with van der Waals surface area (Å²) in [6.45, 7) is 2.77. The molecular weight excluding hydrogens is 444 g/mol. The fraction of sp³-hybridized carbons (Fsp3) is 0.375. The molecule has 184 valence electrons. The normalized spacial score (nSPS) is 18.6. The third-order valence-electron chi connectivity index (χ3n) is 8.50. The van der Waals surface area contributed by atoms with Crippen LogP contribution in [0.25, 0.3) is 0 Å². The van der Waals surface area contributed by atoms with E-state index in [0.717, 1.165) is 44.7 Å². The van der Waals surface area contributed by atoms with Gasteiger partial charge in [0, 0.05) is 6.54 Å². The van der Waals surface area contributed by atoms with Crippen LogP contribution in [0, 0.1) is 5.92 Å². The van der Waals surface area contributed by atoms with Gasteiger partial charge in [0.1, 0.15) is 0 Å². The largest absolute Gasteiger partial charge is 0.292 e. The minimum Gasteiger partial charge on any atom is -0.292 e. The lowest BCUT2D eigenvalue weighted by atomic mass is 9.87. The third-order valence-corrected chi connectivity index (χ3v) is 8.50. The van der Waals surface area contributed by atoms with E-state index >= 15 is 0 Å². The Balaban J connectivity index is 1.05. The molecule has 0 saturated carbocycles. The third kappa shape index (κ3) is 4.28. The van der Waals surface area contributed by atoms with E-state index in [4.69, 9.17) is 0 Å². The molecule has 36 heavy (non-hydrogen) atoms. The van der Waals surface area contributed by atoms with E-state index in [1.54, 1.807) is 12.1 Å². The van der Waals surface area contributed by atoms with Crippen molar-refractivity contribution < 1.29 is 9.59 Å². The first-order valence-corrected chi connectivity index (χ1v) is 13.6. The molecule has 1 aliphatic carbocycles. The van der Waals surface area contributed by atoms with Crippen LogP contribution in [0.5, 0.6) is 0 Å². The quantitative estimate of drug-likeness (QED) is 0.320. The number of nitrogens with zero attached hydrogens (tertiary/aromatic N) is 2. The van der Waals surface area contributed by atoms with Gasteiger partial charge in [-0.15, -0.1) is 0 Å². The molecule has 2 amide bonds. The Kier molecular flexibility index (Phi) is 6.45. The number of carbonyl (C=O) groups is 2. The number of aryl methyl sites for hydroxylation is 2. The zero-order chi connectivity index (χ0) is 24.5. The van der Waals surface area contributed by atoms with Crippen LogP contribution in [0.15, 0.2) is 72.8 Å². The van der Waals surface area contributed by atoms with Gasteiger partial charge in [0.15, 0.2) is 0 Å². The summed E-state index contributed by atoms with van der Waals surface area (Å²) in [6.07, 6.45) is 7.79. The predicted octanol–water partition coefficient (Wildman–Crippen LogP) is 6.05. The Bertz CT molecular complexity index is 1190. The van der Waals surface area contributed by atoms with Crippen molar-refractivity contribution in [3.05, 3.63) is 106 Å². The summed E-state index contributed by atoms with van der Waals surface area (Å²) in [4.78, 5) is 29.3. The standard InChI is InChI=1S/C32H34N2O2/c35-31-28-14-5-6-15-29(28)32(36)34(31)20-8-7-9-23-18-21-33(22-19-23)30-26-12-3-1-10-24(26)16-17-25-11-2-4-13-27(25)30/h1-6,10-15,23,30H,7-9,16-22H2. The Morgan fingerprint density at radius 2 is 1.19 bits per heavy atom. The minimum atomic E-state index is -0.132. The lowest BCUT2D eigenvalue weighted by Gasteiger charge is -2.39. The van der Waals surface area contributed by atoms with Crippen LogP contribution in [0.2, 0.25) is 0 Å². The molecule has 1 saturated heterocycles. The lowest BCUT2D eigenvalue weighted by molar-refractivity contribution is 0.0650. The topological polar surface area (TPSA) is 40.6 Å². The number of hydrogen-bond acceptors (Lipinski definition) is 3. The summed E-state index contributed by atoms with van der Waals surface area (Å²) in [7, 11) is 0. The van der Waals surface area contributed by atoms with Crippen LogP contribution in [0.1, 0.15) is 81.1 Å². The average molecular weight is 479 g/mol. The van der Waals surface area contributed by atoms with E-state index in [1.807, 2.05) is 12.1 Å². The van der Waals surface area contributed by atoms with Gasteiger partial charge in [-0.2, -0.15) is 0 Å². The fourth-order valence-electron chi connectivity index (χ4n) is 6.53. The van der Waals surface area contributed by atoms with Gasteiger partial charge in [-0.3, -0.25) is 19.4 Å². The summed E-state index contributed by atoms with van der Waals surface area (Å²) < 4.78 is 0. The van der Waals surface area contributed by atoms with E-state index in [-0.39, 0.29) is 11.8 Å². The molecule has 4 heteroatoms. The zero-order valence-electron chi connectivity index (χ0n) is 20.9. The summed E-state index contributed by atoms with van der Waals surface area (Å²) >= 11 is 0. The van der Waals surface area contributed by atoms with Crippen molar-refractivity contribution in [2.45, 2.75) is 51.0 Å². The van der Waals surface area contributed by atoms with E-state index in [2.05, 4.69) is 53.4 Å². The first-order valence-electron chi connectivity index (χ1n) is 13.6. The van der Waals surface area contributed by atoms with Crippen molar-refractivity contribution in [1.82, 2.24) is 9.80 Å². The number of carbonyl (C=O) groups excluding carboxylic acids is 2. The SMILES string of the molecule is O=C1c2ccccc2C(=O)N1CCCCC1CCN(C2c3ccccc3CCc3ccccc32)CC1.